The second-order valence-corrected chi connectivity index (χ2v) is 7.96. The molecule has 136 valence electrons. The molecule has 0 N–H and O–H groups in total. The third kappa shape index (κ3) is 4.10. The van der Waals surface area contributed by atoms with Crippen molar-refractivity contribution in [1.82, 2.24) is 19.7 Å². The molecule has 2 aromatic heterocycles. The first kappa shape index (κ1) is 17.1. The van der Waals surface area contributed by atoms with Gasteiger partial charge in [0, 0.05) is 25.3 Å². The zero-order chi connectivity index (χ0) is 17.1. The van der Waals surface area contributed by atoms with E-state index in [0.29, 0.717) is 12.0 Å². The van der Waals surface area contributed by atoms with Crippen molar-refractivity contribution in [3.63, 3.8) is 0 Å². The minimum atomic E-state index is 0.384. The first-order chi connectivity index (χ1) is 12.3. The molecule has 0 bridgehead atoms. The van der Waals surface area contributed by atoms with Crippen LogP contribution in [0.3, 0.4) is 0 Å². The van der Waals surface area contributed by atoms with E-state index in [1.165, 1.54) is 12.8 Å². The van der Waals surface area contributed by atoms with Crippen LogP contribution in [0.4, 0.5) is 0 Å². The van der Waals surface area contributed by atoms with Gasteiger partial charge in [-0.2, -0.15) is 0 Å². The van der Waals surface area contributed by atoms with E-state index in [4.69, 9.17) is 9.15 Å². The zero-order valence-electron chi connectivity index (χ0n) is 14.8. The lowest BCUT2D eigenvalue weighted by Gasteiger charge is -2.30. The Bertz CT molecular complexity index is 659. The molecule has 0 saturated carbocycles. The number of likely N-dealkylation sites (tertiary alicyclic amines) is 1. The molecule has 0 radical (unpaired) electrons. The van der Waals surface area contributed by atoms with Crippen molar-refractivity contribution >= 4 is 11.8 Å². The van der Waals surface area contributed by atoms with E-state index in [1.54, 1.807) is 18.0 Å². The Labute approximate surface area is 152 Å². The van der Waals surface area contributed by atoms with Crippen molar-refractivity contribution < 1.29 is 9.15 Å². The predicted molar refractivity (Wildman–Crippen MR) is 96.7 cm³/mol. The molecule has 2 fully saturated rings. The first-order valence-electron chi connectivity index (χ1n) is 9.18. The van der Waals surface area contributed by atoms with Crippen molar-refractivity contribution in [2.24, 2.45) is 7.05 Å². The van der Waals surface area contributed by atoms with Crippen LogP contribution in [0.5, 0.6) is 0 Å². The SMILES string of the molecule is Cn1c(SC[C@@H]2CCCO2)nnc1C1CCN(Cc2ccco2)CC1. The molecule has 25 heavy (non-hydrogen) atoms. The second kappa shape index (κ2) is 7.93. The Morgan fingerprint density at radius 2 is 2.12 bits per heavy atom. The summed E-state index contributed by atoms with van der Waals surface area (Å²) in [6.07, 6.45) is 6.75. The van der Waals surface area contributed by atoms with Gasteiger partial charge >= 0.3 is 0 Å². The Morgan fingerprint density at radius 1 is 1.24 bits per heavy atom. The lowest BCUT2D eigenvalue weighted by atomic mass is 9.96. The average Bonchev–Trinajstić information content (AvgIpc) is 3.37. The number of aromatic nitrogens is 3. The molecular formula is C18H26N4O2S. The second-order valence-electron chi connectivity index (χ2n) is 6.98. The largest absolute Gasteiger partial charge is 0.468 e. The van der Waals surface area contributed by atoms with E-state index >= 15 is 0 Å². The quantitative estimate of drug-likeness (QED) is 0.736. The molecule has 0 aromatic carbocycles. The van der Waals surface area contributed by atoms with E-state index in [9.17, 15) is 0 Å². The van der Waals surface area contributed by atoms with E-state index in [1.807, 2.05) is 12.1 Å². The monoisotopic (exact) mass is 362 g/mol. The normalized spacial score (nSPS) is 22.7. The van der Waals surface area contributed by atoms with Gasteiger partial charge in [-0.1, -0.05) is 11.8 Å². The van der Waals surface area contributed by atoms with Crippen LogP contribution in [0.25, 0.3) is 0 Å². The third-order valence-electron chi connectivity index (χ3n) is 5.20. The molecule has 2 aromatic rings. The topological polar surface area (TPSA) is 56.3 Å². The van der Waals surface area contributed by atoms with Crippen LogP contribution in [0, 0.1) is 0 Å². The number of ether oxygens (including phenoxy) is 1. The molecule has 2 aliphatic rings. The van der Waals surface area contributed by atoms with Crippen LogP contribution in [-0.4, -0.2) is 51.2 Å². The summed E-state index contributed by atoms with van der Waals surface area (Å²) in [7, 11) is 2.10. The minimum Gasteiger partial charge on any atom is -0.468 e. The maximum absolute atomic E-state index is 5.70. The summed E-state index contributed by atoms with van der Waals surface area (Å²) in [5.74, 6) is 3.66. The summed E-state index contributed by atoms with van der Waals surface area (Å²) in [5, 5.41) is 9.94. The van der Waals surface area contributed by atoms with Gasteiger partial charge in [-0.3, -0.25) is 4.90 Å². The summed E-state index contributed by atoms with van der Waals surface area (Å²) in [4.78, 5) is 2.46. The predicted octanol–water partition coefficient (Wildman–Crippen LogP) is 3.06. The van der Waals surface area contributed by atoms with Crippen LogP contribution < -0.4 is 0 Å². The number of nitrogens with zero attached hydrogens (tertiary/aromatic N) is 4. The molecule has 0 spiro atoms. The highest BCUT2D eigenvalue weighted by Crippen LogP contribution is 2.30. The van der Waals surface area contributed by atoms with Crippen LogP contribution >= 0.6 is 11.8 Å². The Morgan fingerprint density at radius 3 is 2.84 bits per heavy atom. The van der Waals surface area contributed by atoms with Crippen molar-refractivity contribution in [1.29, 1.82) is 0 Å². The van der Waals surface area contributed by atoms with Gasteiger partial charge in [0.1, 0.15) is 11.6 Å². The van der Waals surface area contributed by atoms with Gasteiger partial charge in [0.15, 0.2) is 5.16 Å². The van der Waals surface area contributed by atoms with E-state index in [-0.39, 0.29) is 0 Å². The molecule has 4 rings (SSSR count). The summed E-state index contributed by atoms with van der Waals surface area (Å²) in [5.41, 5.74) is 0. The summed E-state index contributed by atoms with van der Waals surface area (Å²) >= 11 is 1.77. The lowest BCUT2D eigenvalue weighted by Crippen LogP contribution is -2.33. The van der Waals surface area contributed by atoms with Gasteiger partial charge in [-0.05, 0) is 50.9 Å². The van der Waals surface area contributed by atoms with Gasteiger partial charge in [-0.25, -0.2) is 0 Å². The summed E-state index contributed by atoms with van der Waals surface area (Å²) in [6.45, 7) is 3.97. The Kier molecular flexibility index (Phi) is 5.43. The van der Waals surface area contributed by atoms with Gasteiger partial charge in [-0.15, -0.1) is 10.2 Å². The molecule has 0 unspecified atom stereocenters. The molecule has 7 heteroatoms. The van der Waals surface area contributed by atoms with Gasteiger partial charge in [0.2, 0.25) is 0 Å². The molecule has 2 aliphatic heterocycles. The molecule has 4 heterocycles. The van der Waals surface area contributed by atoms with Crippen LogP contribution in [-0.2, 0) is 18.3 Å². The van der Waals surface area contributed by atoms with Crippen molar-refractivity contribution in [2.45, 2.75) is 49.4 Å². The molecule has 0 aliphatic carbocycles. The van der Waals surface area contributed by atoms with Crippen molar-refractivity contribution in [3.05, 3.63) is 30.0 Å². The van der Waals surface area contributed by atoms with Crippen LogP contribution in [0.1, 0.15) is 43.2 Å². The van der Waals surface area contributed by atoms with Gasteiger partial charge < -0.3 is 13.7 Å². The molecule has 6 nitrogen and oxygen atoms in total. The first-order valence-corrected chi connectivity index (χ1v) is 10.2. The lowest BCUT2D eigenvalue weighted by molar-refractivity contribution is 0.129. The number of rotatable bonds is 6. The number of hydrogen-bond donors (Lipinski definition) is 0. The molecule has 1 atom stereocenters. The highest BCUT2D eigenvalue weighted by Gasteiger charge is 2.26. The standard InChI is InChI=1S/C18H26N4O2S/c1-21-17(19-20-18(21)25-13-16-5-3-11-24-16)14-6-8-22(9-7-14)12-15-4-2-10-23-15/h2,4,10,14,16H,3,5-9,11-13H2,1H3/t16-/m0/s1. The van der Waals surface area contributed by atoms with Gasteiger partial charge in [0.25, 0.3) is 0 Å². The maximum atomic E-state index is 5.70. The minimum absolute atomic E-state index is 0.384. The maximum Gasteiger partial charge on any atom is 0.191 e. The van der Waals surface area contributed by atoms with E-state index < -0.39 is 0 Å². The third-order valence-corrected chi connectivity index (χ3v) is 6.36. The summed E-state index contributed by atoms with van der Waals surface area (Å²) < 4.78 is 13.3. The molecule has 2 saturated heterocycles. The average molecular weight is 362 g/mol. The van der Waals surface area contributed by atoms with Crippen molar-refractivity contribution in [3.8, 4) is 0 Å². The highest BCUT2D eigenvalue weighted by molar-refractivity contribution is 7.99. The fourth-order valence-corrected chi connectivity index (χ4v) is 4.71. The van der Waals surface area contributed by atoms with Crippen molar-refractivity contribution in [2.75, 3.05) is 25.4 Å². The number of furan rings is 1. The van der Waals surface area contributed by atoms with E-state index in [2.05, 4.69) is 26.7 Å². The number of piperidine rings is 1. The molecular weight excluding hydrogens is 336 g/mol. The number of hydrogen-bond acceptors (Lipinski definition) is 6. The fourth-order valence-electron chi connectivity index (χ4n) is 3.72. The van der Waals surface area contributed by atoms with Crippen LogP contribution in [0.15, 0.2) is 28.0 Å². The zero-order valence-corrected chi connectivity index (χ0v) is 15.6. The molecule has 0 amide bonds. The Hall–Kier alpha value is -1.31. The van der Waals surface area contributed by atoms with Gasteiger partial charge in [0.05, 0.1) is 18.9 Å². The summed E-state index contributed by atoms with van der Waals surface area (Å²) in [6, 6.07) is 4.00. The fraction of sp³-hybridized carbons (Fsp3) is 0.667. The van der Waals surface area contributed by atoms with E-state index in [0.717, 1.165) is 61.6 Å². The smallest absolute Gasteiger partial charge is 0.191 e. The van der Waals surface area contributed by atoms with Crippen LogP contribution in [0.2, 0.25) is 0 Å². The highest BCUT2D eigenvalue weighted by atomic mass is 32.2. The Balaban J connectivity index is 1.30. The number of thioether (sulfide) groups is 1.